The first-order valence-corrected chi connectivity index (χ1v) is 6.37. The molecule has 0 bridgehead atoms. The normalized spacial score (nSPS) is 10.6. The smallest absolute Gasteiger partial charge is 0.158 e. The molecule has 7 heteroatoms. The average Bonchev–Trinajstić information content (AvgIpc) is 2.97. The fourth-order valence-corrected chi connectivity index (χ4v) is 1.86. The molecular formula is C13H19N5O2. The van der Waals surface area contributed by atoms with E-state index < -0.39 is 0 Å². The van der Waals surface area contributed by atoms with Gasteiger partial charge in [-0.1, -0.05) is 0 Å². The second-order valence-electron chi connectivity index (χ2n) is 4.20. The number of nitrogens with one attached hydrogen (secondary N) is 1. The van der Waals surface area contributed by atoms with Gasteiger partial charge in [-0.25, -0.2) is 15.8 Å². The summed E-state index contributed by atoms with van der Waals surface area (Å²) in [6, 6.07) is 5.60. The van der Waals surface area contributed by atoms with Crippen LogP contribution in [0.25, 0.3) is 0 Å². The van der Waals surface area contributed by atoms with Gasteiger partial charge in [-0.15, -0.1) is 0 Å². The molecule has 2 heterocycles. The first kappa shape index (κ1) is 14.3. The first-order valence-electron chi connectivity index (χ1n) is 6.37. The third kappa shape index (κ3) is 3.46. The van der Waals surface area contributed by atoms with Gasteiger partial charge >= 0.3 is 0 Å². The van der Waals surface area contributed by atoms with Crippen LogP contribution in [0, 0.1) is 0 Å². The number of aromatic nitrogens is 2. The first-order chi connectivity index (χ1) is 9.76. The van der Waals surface area contributed by atoms with Crippen molar-refractivity contribution in [2.75, 3.05) is 24.0 Å². The summed E-state index contributed by atoms with van der Waals surface area (Å²) >= 11 is 0. The fourth-order valence-electron chi connectivity index (χ4n) is 1.86. The van der Waals surface area contributed by atoms with Gasteiger partial charge in [0, 0.05) is 19.7 Å². The van der Waals surface area contributed by atoms with Crippen molar-refractivity contribution in [1.29, 1.82) is 0 Å². The third-order valence-corrected chi connectivity index (χ3v) is 2.81. The summed E-state index contributed by atoms with van der Waals surface area (Å²) in [4.78, 5) is 10.8. The maximum absolute atomic E-state index is 5.44. The van der Waals surface area contributed by atoms with E-state index in [1.165, 1.54) is 0 Å². The van der Waals surface area contributed by atoms with E-state index in [2.05, 4.69) is 27.2 Å². The molecule has 0 saturated heterocycles. The molecule has 108 valence electrons. The largest absolute Gasteiger partial charge is 0.467 e. The Balaban J connectivity index is 2.25. The van der Waals surface area contributed by atoms with Crippen molar-refractivity contribution < 1.29 is 9.15 Å². The topological polar surface area (TPSA) is 89.4 Å². The monoisotopic (exact) mass is 277 g/mol. The number of hydrogen-bond donors (Lipinski definition) is 2. The summed E-state index contributed by atoms with van der Waals surface area (Å²) in [5.74, 6) is 8.23. The third-order valence-electron chi connectivity index (χ3n) is 2.81. The van der Waals surface area contributed by atoms with Crippen LogP contribution in [-0.2, 0) is 17.9 Å². The molecule has 0 radical (unpaired) electrons. The second-order valence-corrected chi connectivity index (χ2v) is 4.20. The van der Waals surface area contributed by atoms with Gasteiger partial charge in [0.15, 0.2) is 5.82 Å². The van der Waals surface area contributed by atoms with E-state index in [9.17, 15) is 0 Å². The molecule has 0 aliphatic rings. The number of anilines is 2. The minimum atomic E-state index is 0.334. The highest BCUT2D eigenvalue weighted by molar-refractivity contribution is 5.48. The van der Waals surface area contributed by atoms with Gasteiger partial charge in [-0.3, -0.25) is 0 Å². The van der Waals surface area contributed by atoms with Crippen LogP contribution in [0.3, 0.4) is 0 Å². The molecular weight excluding hydrogens is 258 g/mol. The van der Waals surface area contributed by atoms with Gasteiger partial charge in [0.05, 0.1) is 12.8 Å². The minimum absolute atomic E-state index is 0.334. The Kier molecular flexibility index (Phi) is 4.91. The molecule has 7 nitrogen and oxygen atoms in total. The molecule has 20 heavy (non-hydrogen) atoms. The van der Waals surface area contributed by atoms with Crippen LogP contribution in [0.4, 0.5) is 11.6 Å². The maximum Gasteiger partial charge on any atom is 0.158 e. The summed E-state index contributed by atoms with van der Waals surface area (Å²) in [5, 5.41) is 0. The van der Waals surface area contributed by atoms with E-state index in [-0.39, 0.29) is 0 Å². The fraction of sp³-hybridized carbons (Fsp3) is 0.385. The molecule has 3 N–H and O–H groups in total. The van der Waals surface area contributed by atoms with E-state index in [0.29, 0.717) is 24.8 Å². The molecule has 0 unspecified atom stereocenters. The van der Waals surface area contributed by atoms with Gasteiger partial charge < -0.3 is 19.5 Å². The summed E-state index contributed by atoms with van der Waals surface area (Å²) < 4.78 is 10.4. The summed E-state index contributed by atoms with van der Waals surface area (Å²) in [5.41, 5.74) is 2.55. The number of nitrogens with zero attached hydrogens (tertiary/aromatic N) is 3. The number of hydrazine groups is 1. The number of ether oxygens (including phenoxy) is 1. The molecule has 0 fully saturated rings. The van der Waals surface area contributed by atoms with Crippen LogP contribution < -0.4 is 16.2 Å². The molecule has 0 aliphatic carbocycles. The summed E-state index contributed by atoms with van der Waals surface area (Å²) in [6.07, 6.45) is 1.66. The van der Waals surface area contributed by atoms with E-state index in [4.69, 9.17) is 15.0 Å². The Labute approximate surface area is 117 Å². The van der Waals surface area contributed by atoms with Crippen molar-refractivity contribution in [3.05, 3.63) is 36.0 Å². The SMILES string of the molecule is CCN(Cc1ccco1)c1cc(NN)nc(COC)n1. The number of nitrogens with two attached hydrogens (primary N) is 1. The van der Waals surface area contributed by atoms with Crippen LogP contribution in [0.2, 0.25) is 0 Å². The zero-order valence-corrected chi connectivity index (χ0v) is 11.7. The Bertz CT molecular complexity index is 530. The zero-order chi connectivity index (χ0) is 14.4. The van der Waals surface area contributed by atoms with Crippen LogP contribution in [0.1, 0.15) is 18.5 Å². The lowest BCUT2D eigenvalue weighted by molar-refractivity contribution is 0.178. The number of hydrogen-bond acceptors (Lipinski definition) is 7. The second kappa shape index (κ2) is 6.88. The highest BCUT2D eigenvalue weighted by Gasteiger charge is 2.12. The number of furan rings is 1. The zero-order valence-electron chi connectivity index (χ0n) is 11.7. The number of nitrogen functional groups attached to an aromatic ring is 1. The Morgan fingerprint density at radius 1 is 1.45 bits per heavy atom. The molecule has 2 aromatic heterocycles. The van der Waals surface area contributed by atoms with E-state index >= 15 is 0 Å². The highest BCUT2D eigenvalue weighted by atomic mass is 16.5. The molecule has 0 aromatic carbocycles. The molecule has 2 aromatic rings. The van der Waals surface area contributed by atoms with Gasteiger partial charge in [0.25, 0.3) is 0 Å². The summed E-state index contributed by atoms with van der Waals surface area (Å²) in [7, 11) is 1.60. The van der Waals surface area contributed by atoms with Crippen molar-refractivity contribution in [2.24, 2.45) is 5.84 Å². The Morgan fingerprint density at radius 2 is 2.30 bits per heavy atom. The minimum Gasteiger partial charge on any atom is -0.467 e. The van der Waals surface area contributed by atoms with E-state index in [1.807, 2.05) is 12.1 Å². The standard InChI is InChI=1S/C13H19N5O2/c1-3-18(8-10-5-4-6-20-10)13-7-11(17-14)15-12(16-13)9-19-2/h4-7H,3,8-9,14H2,1-2H3,(H,15,16,17). The lowest BCUT2D eigenvalue weighted by atomic mass is 10.3. The van der Waals surface area contributed by atoms with Crippen LogP contribution in [0.5, 0.6) is 0 Å². The van der Waals surface area contributed by atoms with Crippen molar-refractivity contribution in [3.63, 3.8) is 0 Å². The molecule has 0 aliphatic heterocycles. The maximum atomic E-state index is 5.44. The van der Waals surface area contributed by atoms with Crippen molar-refractivity contribution in [1.82, 2.24) is 9.97 Å². The van der Waals surface area contributed by atoms with Gasteiger partial charge in [-0.2, -0.15) is 0 Å². The van der Waals surface area contributed by atoms with Crippen molar-refractivity contribution in [3.8, 4) is 0 Å². The van der Waals surface area contributed by atoms with Gasteiger partial charge in [0.2, 0.25) is 0 Å². The molecule has 2 rings (SSSR count). The van der Waals surface area contributed by atoms with Gasteiger partial charge in [-0.05, 0) is 19.1 Å². The van der Waals surface area contributed by atoms with Crippen LogP contribution in [0.15, 0.2) is 28.9 Å². The molecule has 0 saturated carbocycles. The van der Waals surface area contributed by atoms with E-state index in [0.717, 1.165) is 18.1 Å². The van der Waals surface area contributed by atoms with Crippen LogP contribution in [-0.4, -0.2) is 23.6 Å². The lowest BCUT2D eigenvalue weighted by Crippen LogP contribution is -2.24. The molecule has 0 amide bonds. The van der Waals surface area contributed by atoms with E-state index in [1.54, 1.807) is 19.4 Å². The number of rotatable bonds is 7. The Morgan fingerprint density at radius 3 is 2.90 bits per heavy atom. The lowest BCUT2D eigenvalue weighted by Gasteiger charge is -2.21. The van der Waals surface area contributed by atoms with Crippen LogP contribution >= 0.6 is 0 Å². The molecule has 0 spiro atoms. The Hall–Kier alpha value is -2.12. The van der Waals surface area contributed by atoms with Crippen molar-refractivity contribution >= 4 is 11.6 Å². The van der Waals surface area contributed by atoms with Gasteiger partial charge in [0.1, 0.15) is 24.0 Å². The average molecular weight is 277 g/mol. The van der Waals surface area contributed by atoms with Crippen molar-refractivity contribution in [2.45, 2.75) is 20.1 Å². The predicted octanol–water partition coefficient (Wildman–Crippen LogP) is 1.53. The summed E-state index contributed by atoms with van der Waals surface area (Å²) in [6.45, 7) is 3.81. The highest BCUT2D eigenvalue weighted by Crippen LogP contribution is 2.18. The predicted molar refractivity (Wildman–Crippen MR) is 76.0 cm³/mol. The number of methoxy groups -OCH3 is 1. The molecule has 0 atom stereocenters. The quantitative estimate of drug-likeness (QED) is 0.586.